The lowest BCUT2D eigenvalue weighted by atomic mass is 9.99. The van der Waals surface area contributed by atoms with Crippen LogP contribution in [0.5, 0.6) is 0 Å². The third-order valence-corrected chi connectivity index (χ3v) is 4.61. The molecule has 29 heavy (non-hydrogen) atoms. The summed E-state index contributed by atoms with van der Waals surface area (Å²) in [7, 11) is 0. The molecule has 1 aromatic carbocycles. The average molecular weight is 401 g/mol. The zero-order chi connectivity index (χ0) is 20.6. The summed E-state index contributed by atoms with van der Waals surface area (Å²) in [6.07, 6.45) is 2.32. The lowest BCUT2D eigenvalue weighted by Crippen LogP contribution is -2.17. The summed E-state index contributed by atoms with van der Waals surface area (Å²) in [6, 6.07) is 4.79. The molecule has 1 heterocycles. The van der Waals surface area contributed by atoms with Crippen molar-refractivity contribution in [2.45, 2.75) is 39.7 Å². The Hall–Kier alpha value is -2.29. The molecule has 3 rings (SSSR count). The Morgan fingerprint density at radius 2 is 1.59 bits per heavy atom. The number of nitrogens with one attached hydrogen (secondary N) is 2. The van der Waals surface area contributed by atoms with E-state index in [2.05, 4.69) is 53.5 Å². The Kier molecular flexibility index (Phi) is 7.74. The molecular formula is C21H32N6O2. The number of ether oxygens (including phenoxy) is 2. The van der Waals surface area contributed by atoms with Gasteiger partial charge in [0.15, 0.2) is 5.82 Å². The lowest BCUT2D eigenvalue weighted by molar-refractivity contribution is 0.0547. The molecule has 0 aliphatic heterocycles. The van der Waals surface area contributed by atoms with Crippen molar-refractivity contribution in [1.82, 2.24) is 15.0 Å². The van der Waals surface area contributed by atoms with Crippen LogP contribution in [0.3, 0.4) is 0 Å². The molecule has 1 aliphatic rings. The molecule has 1 fully saturated rings. The number of hydrogen-bond acceptors (Lipinski definition) is 8. The van der Waals surface area contributed by atoms with Gasteiger partial charge in [-0.15, -0.1) is 0 Å². The van der Waals surface area contributed by atoms with Crippen LogP contribution in [-0.2, 0) is 9.47 Å². The second-order valence-electron chi connectivity index (χ2n) is 7.44. The number of hydrogen-bond donors (Lipinski definition) is 3. The highest BCUT2D eigenvalue weighted by molar-refractivity contribution is 5.67. The summed E-state index contributed by atoms with van der Waals surface area (Å²) in [5.41, 5.74) is 10.0. The van der Waals surface area contributed by atoms with Crippen LogP contribution in [0.4, 0.5) is 11.9 Å². The van der Waals surface area contributed by atoms with Crippen LogP contribution >= 0.6 is 0 Å². The Labute approximate surface area is 172 Å². The first-order valence-electron chi connectivity index (χ1n) is 10.3. The zero-order valence-corrected chi connectivity index (χ0v) is 17.6. The number of rotatable bonds is 12. The standard InChI is InChI=1S/C21H32N6O2/c1-14-12-15(2)18(16(3)13-14)19-25-20(27-21(26-19)24-17-4-5-17)23-7-9-29-11-10-28-8-6-22/h12-13,17H,4-11,22H2,1-3H3,(H2,23,24,25,26,27). The molecule has 0 saturated heterocycles. The quantitative estimate of drug-likeness (QED) is 0.466. The minimum Gasteiger partial charge on any atom is -0.378 e. The van der Waals surface area contributed by atoms with Crippen molar-refractivity contribution in [3.05, 3.63) is 28.8 Å². The van der Waals surface area contributed by atoms with Gasteiger partial charge in [-0.25, -0.2) is 0 Å². The molecule has 0 amide bonds. The maximum absolute atomic E-state index is 5.56. The highest BCUT2D eigenvalue weighted by atomic mass is 16.5. The summed E-state index contributed by atoms with van der Waals surface area (Å²) >= 11 is 0. The lowest BCUT2D eigenvalue weighted by Gasteiger charge is -2.14. The maximum atomic E-state index is 5.56. The fourth-order valence-corrected chi connectivity index (χ4v) is 3.21. The SMILES string of the molecule is Cc1cc(C)c(-c2nc(NCCOCCOCCN)nc(NC3CC3)n2)c(C)c1. The second kappa shape index (κ2) is 10.5. The van der Waals surface area contributed by atoms with E-state index in [4.69, 9.17) is 20.2 Å². The van der Waals surface area contributed by atoms with Crippen molar-refractivity contribution in [2.75, 3.05) is 50.2 Å². The van der Waals surface area contributed by atoms with E-state index in [1.807, 2.05) is 0 Å². The van der Waals surface area contributed by atoms with Gasteiger partial charge in [0.05, 0.1) is 26.4 Å². The number of benzene rings is 1. The molecule has 0 radical (unpaired) electrons. The average Bonchev–Trinajstić information content (AvgIpc) is 3.47. The van der Waals surface area contributed by atoms with Crippen molar-refractivity contribution in [2.24, 2.45) is 5.73 Å². The summed E-state index contributed by atoms with van der Waals surface area (Å²) in [4.78, 5) is 13.9. The van der Waals surface area contributed by atoms with E-state index in [0.717, 1.165) is 29.5 Å². The molecule has 1 aromatic heterocycles. The van der Waals surface area contributed by atoms with Gasteiger partial charge in [-0.2, -0.15) is 15.0 Å². The van der Waals surface area contributed by atoms with Crippen LogP contribution < -0.4 is 16.4 Å². The van der Waals surface area contributed by atoms with Crippen molar-refractivity contribution in [3.8, 4) is 11.4 Å². The molecule has 0 unspecified atom stereocenters. The molecule has 0 spiro atoms. The van der Waals surface area contributed by atoms with Gasteiger partial charge in [0, 0.05) is 24.7 Å². The van der Waals surface area contributed by atoms with E-state index in [1.165, 1.54) is 5.56 Å². The zero-order valence-electron chi connectivity index (χ0n) is 17.6. The minimum atomic E-state index is 0.468. The topological polar surface area (TPSA) is 107 Å². The van der Waals surface area contributed by atoms with Gasteiger partial charge >= 0.3 is 0 Å². The van der Waals surface area contributed by atoms with Gasteiger partial charge in [-0.1, -0.05) is 17.7 Å². The Bertz CT molecular complexity index is 787. The van der Waals surface area contributed by atoms with Crippen LogP contribution in [0.1, 0.15) is 29.5 Å². The first-order valence-corrected chi connectivity index (χ1v) is 10.3. The van der Waals surface area contributed by atoms with Gasteiger partial charge in [-0.05, 0) is 44.7 Å². The molecule has 8 nitrogen and oxygen atoms in total. The first kappa shape index (κ1) is 21.4. The summed E-state index contributed by atoms with van der Waals surface area (Å²) in [6.45, 7) is 9.63. The molecule has 2 aromatic rings. The molecular weight excluding hydrogens is 368 g/mol. The number of anilines is 2. The fourth-order valence-electron chi connectivity index (χ4n) is 3.21. The Balaban J connectivity index is 1.66. The van der Waals surface area contributed by atoms with Gasteiger partial charge < -0.3 is 25.8 Å². The smallest absolute Gasteiger partial charge is 0.228 e. The second-order valence-corrected chi connectivity index (χ2v) is 7.44. The third kappa shape index (κ3) is 6.62. The van der Waals surface area contributed by atoms with Crippen LogP contribution in [0.2, 0.25) is 0 Å². The molecule has 1 saturated carbocycles. The molecule has 8 heteroatoms. The highest BCUT2D eigenvalue weighted by Crippen LogP contribution is 2.28. The summed E-state index contributed by atoms with van der Waals surface area (Å²) in [5, 5.41) is 6.64. The largest absolute Gasteiger partial charge is 0.378 e. The summed E-state index contributed by atoms with van der Waals surface area (Å²) < 4.78 is 10.8. The molecule has 4 N–H and O–H groups in total. The van der Waals surface area contributed by atoms with Crippen LogP contribution in [0.25, 0.3) is 11.4 Å². The van der Waals surface area contributed by atoms with Crippen molar-refractivity contribution < 1.29 is 9.47 Å². The normalized spacial score (nSPS) is 13.5. The number of aryl methyl sites for hydroxylation is 3. The maximum Gasteiger partial charge on any atom is 0.228 e. The number of aromatic nitrogens is 3. The van der Waals surface area contributed by atoms with E-state index in [9.17, 15) is 0 Å². The van der Waals surface area contributed by atoms with Gasteiger partial charge in [-0.3, -0.25) is 0 Å². The number of nitrogens with two attached hydrogens (primary N) is 1. The highest BCUT2D eigenvalue weighted by Gasteiger charge is 2.23. The first-order chi connectivity index (χ1) is 14.1. The van der Waals surface area contributed by atoms with Gasteiger partial charge in [0.1, 0.15) is 0 Å². The minimum absolute atomic E-state index is 0.468. The third-order valence-electron chi connectivity index (χ3n) is 4.61. The van der Waals surface area contributed by atoms with E-state index >= 15 is 0 Å². The molecule has 158 valence electrons. The number of nitrogens with zero attached hydrogens (tertiary/aromatic N) is 3. The van der Waals surface area contributed by atoms with Gasteiger partial charge in [0.2, 0.25) is 11.9 Å². The summed E-state index contributed by atoms with van der Waals surface area (Å²) in [5.74, 6) is 1.87. The van der Waals surface area contributed by atoms with E-state index in [0.29, 0.717) is 63.3 Å². The predicted octanol–water partition coefficient (Wildman–Crippen LogP) is 2.44. The van der Waals surface area contributed by atoms with Crippen molar-refractivity contribution in [1.29, 1.82) is 0 Å². The van der Waals surface area contributed by atoms with Crippen LogP contribution in [0.15, 0.2) is 12.1 Å². The molecule has 1 aliphatic carbocycles. The van der Waals surface area contributed by atoms with Crippen LogP contribution in [-0.4, -0.2) is 60.5 Å². The van der Waals surface area contributed by atoms with Gasteiger partial charge in [0.25, 0.3) is 0 Å². The Morgan fingerprint density at radius 1 is 0.931 bits per heavy atom. The van der Waals surface area contributed by atoms with E-state index in [1.54, 1.807) is 0 Å². The van der Waals surface area contributed by atoms with Crippen molar-refractivity contribution >= 4 is 11.9 Å². The molecule has 0 atom stereocenters. The molecule has 0 bridgehead atoms. The Morgan fingerprint density at radius 3 is 2.24 bits per heavy atom. The monoisotopic (exact) mass is 400 g/mol. The van der Waals surface area contributed by atoms with Crippen molar-refractivity contribution in [3.63, 3.8) is 0 Å². The van der Waals surface area contributed by atoms with E-state index < -0.39 is 0 Å². The predicted molar refractivity (Wildman–Crippen MR) is 115 cm³/mol. The van der Waals surface area contributed by atoms with Crippen LogP contribution in [0, 0.1) is 20.8 Å². The fraction of sp³-hybridized carbons (Fsp3) is 0.571. The van der Waals surface area contributed by atoms with E-state index in [-0.39, 0.29) is 0 Å².